The predicted molar refractivity (Wildman–Crippen MR) is 100 cm³/mol. The Kier molecular flexibility index (Phi) is 4.87. The minimum absolute atomic E-state index is 0.110. The van der Waals surface area contributed by atoms with Gasteiger partial charge in [0.25, 0.3) is 0 Å². The highest BCUT2D eigenvalue weighted by Gasteiger charge is 2.34. The van der Waals surface area contributed by atoms with Crippen LogP contribution in [-0.4, -0.2) is 24.9 Å². The number of benzene rings is 2. The molecule has 2 fully saturated rings. The van der Waals surface area contributed by atoms with E-state index in [1.807, 2.05) is 24.3 Å². The van der Waals surface area contributed by atoms with Gasteiger partial charge < -0.3 is 10.2 Å². The number of amides is 2. The van der Waals surface area contributed by atoms with Gasteiger partial charge in [0, 0.05) is 30.9 Å². The molecular weight excluding hydrogens is 347 g/mol. The van der Waals surface area contributed by atoms with Crippen molar-refractivity contribution in [2.45, 2.75) is 18.9 Å². The molecule has 0 bridgehead atoms. The number of rotatable bonds is 4. The van der Waals surface area contributed by atoms with E-state index in [1.165, 1.54) is 12.1 Å². The third-order valence-electron chi connectivity index (χ3n) is 5.05. The molecule has 0 spiro atoms. The summed E-state index contributed by atoms with van der Waals surface area (Å²) in [7, 11) is 0. The highest BCUT2D eigenvalue weighted by Crippen LogP contribution is 2.28. The number of halogens is 1. The lowest BCUT2D eigenvalue weighted by molar-refractivity contribution is -0.120. The van der Waals surface area contributed by atoms with Gasteiger partial charge in [0.15, 0.2) is 0 Å². The van der Waals surface area contributed by atoms with Gasteiger partial charge in [-0.15, -0.1) is 0 Å². The Bertz CT molecular complexity index is 855. The number of carbonyl (C=O) groups excluding carboxylic acids is 2. The summed E-state index contributed by atoms with van der Waals surface area (Å²) in [5, 5.41) is 2.94. The van der Waals surface area contributed by atoms with E-state index in [0.29, 0.717) is 25.2 Å². The van der Waals surface area contributed by atoms with Gasteiger partial charge in [-0.05, 0) is 42.3 Å². The molecule has 140 valence electrons. The molecule has 0 aliphatic carbocycles. The first kappa shape index (κ1) is 17.6. The van der Waals surface area contributed by atoms with E-state index in [1.54, 1.807) is 17.0 Å². The van der Waals surface area contributed by atoms with Crippen LogP contribution in [0.15, 0.2) is 48.5 Å². The molecule has 0 saturated carbocycles. The van der Waals surface area contributed by atoms with Crippen molar-refractivity contribution in [3.05, 3.63) is 59.9 Å². The predicted octanol–water partition coefficient (Wildman–Crippen LogP) is 2.36. The average molecular weight is 368 g/mol. The summed E-state index contributed by atoms with van der Waals surface area (Å²) < 4.78 is 13.2. The van der Waals surface area contributed by atoms with Crippen LogP contribution in [-0.2, 0) is 9.59 Å². The maximum absolute atomic E-state index is 13.2. The van der Waals surface area contributed by atoms with Crippen LogP contribution in [0.25, 0.3) is 0 Å². The Morgan fingerprint density at radius 1 is 1.19 bits per heavy atom. The summed E-state index contributed by atoms with van der Waals surface area (Å²) >= 11 is 0. The molecule has 2 aromatic carbocycles. The summed E-state index contributed by atoms with van der Waals surface area (Å²) in [5.74, 6) is -0.669. The van der Waals surface area contributed by atoms with Crippen LogP contribution in [0.3, 0.4) is 0 Å². The second kappa shape index (κ2) is 7.46. The number of hydrogen-bond acceptors (Lipinski definition) is 4. The maximum atomic E-state index is 13.2. The molecule has 2 unspecified atom stereocenters. The minimum Gasteiger partial charge on any atom is -0.326 e. The fourth-order valence-electron chi connectivity index (χ4n) is 3.63. The van der Waals surface area contributed by atoms with Crippen molar-refractivity contribution < 1.29 is 14.0 Å². The van der Waals surface area contributed by atoms with E-state index in [9.17, 15) is 14.0 Å². The van der Waals surface area contributed by atoms with Crippen LogP contribution in [0, 0.1) is 11.7 Å². The summed E-state index contributed by atoms with van der Waals surface area (Å²) in [5.41, 5.74) is 8.39. The second-order valence-corrected chi connectivity index (χ2v) is 6.85. The largest absolute Gasteiger partial charge is 0.326 e. The summed E-state index contributed by atoms with van der Waals surface area (Å²) in [6, 6.07) is 13.2. The molecule has 2 aliphatic heterocycles. The summed E-state index contributed by atoms with van der Waals surface area (Å²) in [4.78, 5) is 26.5. The molecule has 2 aliphatic rings. The SMILES string of the molecule is O=C(Nc1cccc(N2CCCC2=O)c1)C1CNNC1c1ccc(F)cc1. The zero-order chi connectivity index (χ0) is 18.8. The Balaban J connectivity index is 1.48. The first-order chi connectivity index (χ1) is 13.1. The van der Waals surface area contributed by atoms with Gasteiger partial charge in [-0.3, -0.25) is 15.0 Å². The highest BCUT2D eigenvalue weighted by atomic mass is 19.1. The maximum Gasteiger partial charge on any atom is 0.230 e. The van der Waals surface area contributed by atoms with Crippen molar-refractivity contribution in [2.75, 3.05) is 23.3 Å². The van der Waals surface area contributed by atoms with E-state index >= 15 is 0 Å². The molecule has 2 heterocycles. The van der Waals surface area contributed by atoms with Gasteiger partial charge >= 0.3 is 0 Å². The fraction of sp³-hybridized carbons (Fsp3) is 0.300. The van der Waals surface area contributed by atoms with Crippen LogP contribution in [0.2, 0.25) is 0 Å². The van der Waals surface area contributed by atoms with Gasteiger partial charge in [-0.1, -0.05) is 18.2 Å². The Morgan fingerprint density at radius 3 is 2.74 bits per heavy atom. The van der Waals surface area contributed by atoms with Gasteiger partial charge in [0.1, 0.15) is 5.82 Å². The summed E-state index contributed by atoms with van der Waals surface area (Å²) in [6.07, 6.45) is 1.42. The van der Waals surface area contributed by atoms with Crippen molar-refractivity contribution in [2.24, 2.45) is 5.92 Å². The molecule has 0 aromatic heterocycles. The number of nitrogens with zero attached hydrogens (tertiary/aromatic N) is 1. The number of hydrazine groups is 1. The number of carbonyl (C=O) groups is 2. The Labute approximate surface area is 156 Å². The molecule has 2 amide bonds. The van der Waals surface area contributed by atoms with E-state index in [2.05, 4.69) is 16.2 Å². The van der Waals surface area contributed by atoms with Crippen LogP contribution >= 0.6 is 0 Å². The zero-order valence-electron chi connectivity index (χ0n) is 14.7. The van der Waals surface area contributed by atoms with Gasteiger partial charge in [-0.25, -0.2) is 9.82 Å². The van der Waals surface area contributed by atoms with Crippen molar-refractivity contribution in [1.29, 1.82) is 0 Å². The molecule has 2 atom stereocenters. The second-order valence-electron chi connectivity index (χ2n) is 6.85. The van der Waals surface area contributed by atoms with Crippen molar-refractivity contribution in [1.82, 2.24) is 10.9 Å². The smallest absolute Gasteiger partial charge is 0.230 e. The van der Waals surface area contributed by atoms with E-state index < -0.39 is 0 Å². The van der Waals surface area contributed by atoms with Crippen LogP contribution in [0.5, 0.6) is 0 Å². The molecule has 7 heteroatoms. The van der Waals surface area contributed by atoms with Crippen molar-refractivity contribution in [3.63, 3.8) is 0 Å². The standard InChI is InChI=1S/C20H21FN4O2/c21-14-8-6-13(7-9-14)19-17(12-22-24-19)20(27)23-15-3-1-4-16(11-15)25-10-2-5-18(25)26/h1,3-4,6-9,11,17,19,22,24H,2,5,10,12H2,(H,23,27). The molecule has 6 nitrogen and oxygen atoms in total. The molecule has 4 rings (SSSR count). The Morgan fingerprint density at radius 2 is 2.00 bits per heavy atom. The van der Waals surface area contributed by atoms with Crippen LogP contribution in [0.1, 0.15) is 24.4 Å². The summed E-state index contributed by atoms with van der Waals surface area (Å²) in [6.45, 7) is 1.18. The molecule has 3 N–H and O–H groups in total. The van der Waals surface area contributed by atoms with E-state index in [4.69, 9.17) is 0 Å². The number of anilines is 2. The number of nitrogens with one attached hydrogen (secondary N) is 3. The third-order valence-corrected chi connectivity index (χ3v) is 5.05. The monoisotopic (exact) mass is 368 g/mol. The van der Waals surface area contributed by atoms with Crippen LogP contribution < -0.4 is 21.1 Å². The highest BCUT2D eigenvalue weighted by molar-refractivity contribution is 5.97. The lowest BCUT2D eigenvalue weighted by Crippen LogP contribution is -2.30. The first-order valence-electron chi connectivity index (χ1n) is 9.07. The van der Waals surface area contributed by atoms with Crippen molar-refractivity contribution >= 4 is 23.2 Å². The van der Waals surface area contributed by atoms with Crippen molar-refractivity contribution in [3.8, 4) is 0 Å². The molecule has 2 aromatic rings. The molecule has 0 radical (unpaired) electrons. The lowest BCUT2D eigenvalue weighted by Gasteiger charge is -2.20. The molecule has 27 heavy (non-hydrogen) atoms. The molecule has 2 saturated heterocycles. The topological polar surface area (TPSA) is 73.5 Å². The van der Waals surface area contributed by atoms with Gasteiger partial charge in [0.2, 0.25) is 11.8 Å². The molecular formula is C20H21FN4O2. The normalized spacial score (nSPS) is 22.3. The number of hydrogen-bond donors (Lipinski definition) is 3. The zero-order valence-corrected chi connectivity index (χ0v) is 14.7. The van der Waals surface area contributed by atoms with E-state index in [0.717, 1.165) is 17.7 Å². The van der Waals surface area contributed by atoms with E-state index in [-0.39, 0.29) is 29.6 Å². The minimum atomic E-state index is -0.340. The average Bonchev–Trinajstić information content (AvgIpc) is 3.31. The first-order valence-corrected chi connectivity index (χ1v) is 9.07. The lowest BCUT2D eigenvalue weighted by atomic mass is 9.94. The van der Waals surface area contributed by atoms with Crippen LogP contribution in [0.4, 0.5) is 15.8 Å². The Hall–Kier alpha value is -2.77. The van der Waals surface area contributed by atoms with Gasteiger partial charge in [-0.2, -0.15) is 0 Å². The fourth-order valence-corrected chi connectivity index (χ4v) is 3.63. The third kappa shape index (κ3) is 3.70. The quantitative estimate of drug-likeness (QED) is 0.775. The van der Waals surface area contributed by atoms with Gasteiger partial charge in [0.05, 0.1) is 12.0 Å².